The molecule has 1 fully saturated rings. The minimum atomic E-state index is -1.34. The second-order valence-corrected chi connectivity index (χ2v) is 6.31. The molecular formula is C16H22FN5O5. The number of carbonyl (C=O) groups is 1. The van der Waals surface area contributed by atoms with Gasteiger partial charge in [0.15, 0.2) is 11.2 Å². The van der Waals surface area contributed by atoms with Gasteiger partial charge in [-0.15, -0.1) is 0 Å². The van der Waals surface area contributed by atoms with E-state index in [1.807, 2.05) is 6.92 Å². The molecule has 0 radical (unpaired) electrons. The molecule has 4 atom stereocenters. The Bertz CT molecular complexity index is 864. The van der Waals surface area contributed by atoms with Gasteiger partial charge in [-0.05, 0) is 6.42 Å². The van der Waals surface area contributed by atoms with Crippen molar-refractivity contribution in [3.8, 4) is 0 Å². The van der Waals surface area contributed by atoms with Crippen molar-refractivity contribution < 1.29 is 23.4 Å². The van der Waals surface area contributed by atoms with E-state index in [-0.39, 0.29) is 42.7 Å². The Morgan fingerprint density at radius 2 is 2.37 bits per heavy atom. The summed E-state index contributed by atoms with van der Waals surface area (Å²) in [4.78, 5) is 34.0. The van der Waals surface area contributed by atoms with Crippen LogP contribution in [-0.4, -0.2) is 57.6 Å². The topological polar surface area (TPSA) is 134 Å². The monoisotopic (exact) mass is 383 g/mol. The second-order valence-electron chi connectivity index (χ2n) is 6.31. The Labute approximate surface area is 153 Å². The largest absolute Gasteiger partial charge is 0.463 e. The zero-order valence-corrected chi connectivity index (χ0v) is 15.1. The number of rotatable bonds is 7. The molecule has 4 unspecified atom stereocenters. The molecule has 27 heavy (non-hydrogen) atoms. The van der Waals surface area contributed by atoms with E-state index in [1.165, 1.54) is 18.0 Å². The van der Waals surface area contributed by atoms with E-state index in [4.69, 9.17) is 19.9 Å². The van der Waals surface area contributed by atoms with Gasteiger partial charge >= 0.3 is 5.97 Å². The maximum absolute atomic E-state index is 14.3. The summed E-state index contributed by atoms with van der Waals surface area (Å²) in [6.45, 7) is 1.68. The van der Waals surface area contributed by atoms with Crippen LogP contribution in [0.5, 0.6) is 0 Å². The molecule has 2 aromatic rings. The number of ether oxygens (including phenoxy) is 3. The Morgan fingerprint density at radius 3 is 3.07 bits per heavy atom. The molecular weight excluding hydrogens is 361 g/mol. The molecule has 3 heterocycles. The Balaban J connectivity index is 1.65. The van der Waals surface area contributed by atoms with Gasteiger partial charge in [-0.2, -0.15) is 4.98 Å². The quantitative estimate of drug-likeness (QED) is 0.667. The summed E-state index contributed by atoms with van der Waals surface area (Å²) in [7, 11) is 1.52. The van der Waals surface area contributed by atoms with Crippen LogP contribution in [-0.2, 0) is 19.0 Å². The van der Waals surface area contributed by atoms with Gasteiger partial charge in [0.2, 0.25) is 5.95 Å². The van der Waals surface area contributed by atoms with Gasteiger partial charge in [0.05, 0.1) is 18.9 Å². The molecule has 3 rings (SSSR count). The van der Waals surface area contributed by atoms with Gasteiger partial charge < -0.3 is 19.9 Å². The third-order valence-electron chi connectivity index (χ3n) is 4.51. The fourth-order valence-corrected chi connectivity index (χ4v) is 2.98. The van der Waals surface area contributed by atoms with Crippen LogP contribution in [0.25, 0.3) is 11.2 Å². The minimum absolute atomic E-state index is 0.0116. The number of hydrogen-bond donors (Lipinski definition) is 2. The van der Waals surface area contributed by atoms with E-state index in [0.29, 0.717) is 6.42 Å². The lowest BCUT2D eigenvalue weighted by atomic mass is 10.2. The van der Waals surface area contributed by atoms with Crippen molar-refractivity contribution in [2.75, 3.05) is 19.5 Å². The highest BCUT2D eigenvalue weighted by atomic mass is 19.1. The lowest BCUT2D eigenvalue weighted by molar-refractivity contribution is -0.152. The number of aromatic nitrogens is 4. The third kappa shape index (κ3) is 4.08. The summed E-state index contributed by atoms with van der Waals surface area (Å²) < 4.78 is 31.7. The normalized spacial score (nSPS) is 23.6. The third-order valence-corrected chi connectivity index (χ3v) is 4.51. The number of H-pyrrole nitrogens is 1. The van der Waals surface area contributed by atoms with Gasteiger partial charge in [-0.1, -0.05) is 6.92 Å². The number of nitrogen functional groups attached to an aromatic ring is 1. The molecule has 10 nitrogen and oxygen atoms in total. The molecule has 11 heteroatoms. The Morgan fingerprint density at radius 1 is 1.59 bits per heavy atom. The number of nitrogens with one attached hydrogen (secondary N) is 1. The SMILES string of the molecule is CCC(CC(=O)OCC1OC(n2cnc3c(=O)[nH]c(N)nc32)CC1F)OC. The molecule has 1 aliphatic heterocycles. The van der Waals surface area contributed by atoms with Crippen LogP contribution in [0.2, 0.25) is 0 Å². The number of hydrogen-bond acceptors (Lipinski definition) is 8. The molecule has 2 aromatic heterocycles. The molecule has 0 aromatic carbocycles. The van der Waals surface area contributed by atoms with Crippen LogP contribution in [0, 0.1) is 0 Å². The molecule has 148 valence electrons. The van der Waals surface area contributed by atoms with Gasteiger partial charge in [0, 0.05) is 13.5 Å². The van der Waals surface area contributed by atoms with E-state index >= 15 is 0 Å². The van der Waals surface area contributed by atoms with Gasteiger partial charge in [-0.25, -0.2) is 9.37 Å². The first-order chi connectivity index (χ1) is 12.9. The first-order valence-electron chi connectivity index (χ1n) is 8.63. The maximum Gasteiger partial charge on any atom is 0.308 e. The van der Waals surface area contributed by atoms with Crippen LogP contribution >= 0.6 is 0 Å². The Kier molecular flexibility index (Phi) is 5.71. The number of nitrogens with two attached hydrogens (primary N) is 1. The van der Waals surface area contributed by atoms with Crippen molar-refractivity contribution in [1.29, 1.82) is 0 Å². The lowest BCUT2D eigenvalue weighted by Crippen LogP contribution is -2.27. The van der Waals surface area contributed by atoms with Crippen LogP contribution in [0.3, 0.4) is 0 Å². The fourth-order valence-electron chi connectivity index (χ4n) is 2.98. The number of halogens is 1. The average Bonchev–Trinajstić information content (AvgIpc) is 3.21. The Hall–Kier alpha value is -2.53. The van der Waals surface area contributed by atoms with Crippen molar-refractivity contribution >= 4 is 23.1 Å². The van der Waals surface area contributed by atoms with Gasteiger partial charge in [0.1, 0.15) is 25.1 Å². The molecule has 0 amide bonds. The van der Waals surface area contributed by atoms with Crippen molar-refractivity contribution in [3.05, 3.63) is 16.7 Å². The average molecular weight is 383 g/mol. The summed E-state index contributed by atoms with van der Waals surface area (Å²) in [5.74, 6) is -0.546. The van der Waals surface area contributed by atoms with E-state index in [2.05, 4.69) is 15.0 Å². The number of aromatic amines is 1. The zero-order chi connectivity index (χ0) is 19.6. The molecule has 0 saturated carbocycles. The van der Waals surface area contributed by atoms with Gasteiger partial charge in [-0.3, -0.25) is 19.1 Å². The summed E-state index contributed by atoms with van der Waals surface area (Å²) in [5.41, 5.74) is 5.37. The van der Waals surface area contributed by atoms with E-state index < -0.39 is 30.0 Å². The standard InChI is InChI=1S/C16H22FN5O5/c1-3-8(25-2)4-12(23)26-6-10-9(17)5-11(27-10)22-7-19-13-14(22)20-16(18)21-15(13)24/h7-11H,3-6H2,1-2H3,(H3,18,20,21,24). The summed E-state index contributed by atoms with van der Waals surface area (Å²) in [6, 6.07) is 0. The number of anilines is 1. The second kappa shape index (κ2) is 8.01. The maximum atomic E-state index is 14.3. The molecule has 0 bridgehead atoms. The molecule has 0 spiro atoms. The lowest BCUT2D eigenvalue weighted by Gasteiger charge is -2.16. The number of methoxy groups -OCH3 is 1. The van der Waals surface area contributed by atoms with Crippen LogP contribution < -0.4 is 11.3 Å². The van der Waals surface area contributed by atoms with Crippen molar-refractivity contribution in [2.45, 2.75) is 50.8 Å². The number of imidazole rings is 1. The number of nitrogens with zero attached hydrogens (tertiary/aromatic N) is 3. The fraction of sp³-hybridized carbons (Fsp3) is 0.625. The summed E-state index contributed by atoms with van der Waals surface area (Å²) in [6.07, 6.45) is -1.10. The van der Waals surface area contributed by atoms with Crippen LogP contribution in [0.4, 0.5) is 10.3 Å². The molecule has 1 aliphatic rings. The first kappa shape index (κ1) is 19.2. The van der Waals surface area contributed by atoms with E-state index in [1.54, 1.807) is 0 Å². The zero-order valence-electron chi connectivity index (χ0n) is 15.1. The van der Waals surface area contributed by atoms with E-state index in [9.17, 15) is 14.0 Å². The van der Waals surface area contributed by atoms with Crippen molar-refractivity contribution in [1.82, 2.24) is 19.5 Å². The predicted molar refractivity (Wildman–Crippen MR) is 92.6 cm³/mol. The number of alkyl halides is 1. The molecule has 3 N–H and O–H groups in total. The minimum Gasteiger partial charge on any atom is -0.463 e. The highest BCUT2D eigenvalue weighted by Gasteiger charge is 2.38. The van der Waals surface area contributed by atoms with Crippen LogP contribution in [0.1, 0.15) is 32.4 Å². The number of carbonyl (C=O) groups excluding carboxylic acids is 1. The number of esters is 1. The van der Waals surface area contributed by atoms with Crippen LogP contribution in [0.15, 0.2) is 11.1 Å². The van der Waals surface area contributed by atoms with Gasteiger partial charge in [0.25, 0.3) is 5.56 Å². The molecule has 1 saturated heterocycles. The van der Waals surface area contributed by atoms with E-state index in [0.717, 1.165) is 0 Å². The number of fused-ring (bicyclic) bond motifs is 1. The van der Waals surface area contributed by atoms with Crippen molar-refractivity contribution in [3.63, 3.8) is 0 Å². The summed E-state index contributed by atoms with van der Waals surface area (Å²) >= 11 is 0. The summed E-state index contributed by atoms with van der Waals surface area (Å²) in [5, 5.41) is 0. The predicted octanol–water partition coefficient (Wildman–Crippen LogP) is 0.686. The highest BCUT2D eigenvalue weighted by molar-refractivity contribution is 5.70. The van der Waals surface area contributed by atoms with Crippen molar-refractivity contribution in [2.24, 2.45) is 0 Å². The molecule has 0 aliphatic carbocycles. The highest BCUT2D eigenvalue weighted by Crippen LogP contribution is 2.32. The first-order valence-corrected chi connectivity index (χ1v) is 8.63. The smallest absolute Gasteiger partial charge is 0.308 e.